The number of benzene rings is 2. The highest BCUT2D eigenvalue weighted by Crippen LogP contribution is 2.45. The molecule has 24 heavy (non-hydrogen) atoms. The van der Waals surface area contributed by atoms with Gasteiger partial charge in [0, 0.05) is 26.6 Å². The van der Waals surface area contributed by atoms with Crippen molar-refractivity contribution in [3.05, 3.63) is 76.2 Å². The fraction of sp³-hybridized carbons (Fsp3) is 0.150. The first kappa shape index (κ1) is 16.7. The molecule has 1 aromatic heterocycles. The van der Waals surface area contributed by atoms with Gasteiger partial charge in [-0.1, -0.05) is 48.5 Å². The lowest BCUT2D eigenvalue weighted by Crippen LogP contribution is -2.12. The average molecular weight is 355 g/mol. The molecule has 1 atom stereocenters. The van der Waals surface area contributed by atoms with Gasteiger partial charge in [-0.05, 0) is 31.0 Å². The van der Waals surface area contributed by atoms with Crippen LogP contribution in [0.3, 0.4) is 0 Å². The number of para-hydroxylation sites is 1. The number of halogens is 1. The highest BCUT2D eigenvalue weighted by atomic mass is 35.5. The van der Waals surface area contributed by atoms with E-state index in [1.165, 1.54) is 32.0 Å². The molecule has 4 heteroatoms. The van der Waals surface area contributed by atoms with Crippen LogP contribution < -0.4 is 5.32 Å². The molecular formula is C20H19ClN2S. The Morgan fingerprint density at radius 1 is 0.958 bits per heavy atom. The number of hydrogen-bond acceptors (Lipinski definition) is 3. The Morgan fingerprint density at radius 3 is 2.46 bits per heavy atom. The third-order valence-electron chi connectivity index (χ3n) is 4.44. The third-order valence-corrected chi connectivity index (χ3v) is 5.71. The average Bonchev–Trinajstić information content (AvgIpc) is 2.90. The summed E-state index contributed by atoms with van der Waals surface area (Å²) < 4.78 is 0. The number of hydrogen-bond donors (Lipinski definition) is 1. The van der Waals surface area contributed by atoms with Gasteiger partial charge < -0.3 is 5.32 Å². The van der Waals surface area contributed by atoms with E-state index in [-0.39, 0.29) is 18.4 Å². The van der Waals surface area contributed by atoms with Gasteiger partial charge in [-0.15, -0.1) is 23.7 Å². The predicted molar refractivity (Wildman–Crippen MR) is 107 cm³/mol. The monoisotopic (exact) mass is 354 g/mol. The molecule has 2 nitrogen and oxygen atoms in total. The quantitative estimate of drug-likeness (QED) is 0.599. The van der Waals surface area contributed by atoms with E-state index in [9.17, 15) is 0 Å². The number of fused-ring (bicyclic) bond motifs is 1. The SMILES string of the molecule is Cc1sc(-c2ccccc2)c(C2N=CNc3ccccc32)c1C.Cl. The van der Waals surface area contributed by atoms with Crippen LogP contribution in [0.5, 0.6) is 0 Å². The summed E-state index contributed by atoms with van der Waals surface area (Å²) in [7, 11) is 0. The second-order valence-corrected chi connectivity index (χ2v) is 7.03. The van der Waals surface area contributed by atoms with Crippen LogP contribution >= 0.6 is 23.7 Å². The minimum absolute atomic E-state index is 0. The topological polar surface area (TPSA) is 24.4 Å². The smallest absolute Gasteiger partial charge is 0.105 e. The first-order valence-electron chi connectivity index (χ1n) is 7.78. The lowest BCUT2D eigenvalue weighted by molar-refractivity contribution is 0.867. The molecule has 1 aliphatic rings. The molecule has 0 saturated heterocycles. The van der Waals surface area contributed by atoms with Gasteiger partial charge in [-0.3, -0.25) is 4.99 Å². The van der Waals surface area contributed by atoms with Gasteiger partial charge in [0.25, 0.3) is 0 Å². The largest absolute Gasteiger partial charge is 0.346 e. The molecular weight excluding hydrogens is 336 g/mol. The maximum absolute atomic E-state index is 4.77. The van der Waals surface area contributed by atoms with Crippen molar-refractivity contribution in [3.63, 3.8) is 0 Å². The standard InChI is InChI=1S/C20H18N2S.ClH/c1-13-14(2)23-20(15-8-4-3-5-9-15)18(13)19-16-10-6-7-11-17(16)21-12-22-19;/h3-12,19H,1-2H3,(H,21,22);1H. The van der Waals surface area contributed by atoms with E-state index < -0.39 is 0 Å². The van der Waals surface area contributed by atoms with Crippen molar-refractivity contribution in [3.8, 4) is 10.4 Å². The molecule has 0 fully saturated rings. The number of thiophene rings is 1. The van der Waals surface area contributed by atoms with E-state index >= 15 is 0 Å². The van der Waals surface area contributed by atoms with Crippen molar-refractivity contribution >= 4 is 35.8 Å². The van der Waals surface area contributed by atoms with E-state index in [2.05, 4.69) is 73.8 Å². The zero-order chi connectivity index (χ0) is 15.8. The van der Waals surface area contributed by atoms with Crippen LogP contribution in [-0.2, 0) is 0 Å². The molecule has 1 N–H and O–H groups in total. The maximum atomic E-state index is 4.77. The van der Waals surface area contributed by atoms with Gasteiger partial charge in [0.1, 0.15) is 6.04 Å². The van der Waals surface area contributed by atoms with Crippen LogP contribution in [-0.4, -0.2) is 6.34 Å². The normalized spacial score (nSPS) is 15.3. The van der Waals surface area contributed by atoms with E-state index in [1.54, 1.807) is 0 Å². The molecule has 0 amide bonds. The van der Waals surface area contributed by atoms with E-state index in [4.69, 9.17) is 4.99 Å². The number of aryl methyl sites for hydroxylation is 1. The Morgan fingerprint density at radius 2 is 1.67 bits per heavy atom. The van der Waals surface area contributed by atoms with Gasteiger partial charge >= 0.3 is 0 Å². The van der Waals surface area contributed by atoms with Gasteiger partial charge in [-0.2, -0.15) is 0 Å². The number of nitrogens with one attached hydrogen (secondary N) is 1. The number of rotatable bonds is 2. The number of nitrogens with zero attached hydrogens (tertiary/aromatic N) is 1. The molecule has 0 aliphatic carbocycles. The van der Waals surface area contributed by atoms with Crippen LogP contribution in [0.25, 0.3) is 10.4 Å². The molecule has 0 saturated carbocycles. The van der Waals surface area contributed by atoms with Gasteiger partial charge in [-0.25, -0.2) is 0 Å². The predicted octanol–water partition coefficient (Wildman–Crippen LogP) is 6.00. The lowest BCUT2D eigenvalue weighted by atomic mass is 9.92. The van der Waals surface area contributed by atoms with E-state index in [1.807, 2.05) is 17.7 Å². The van der Waals surface area contributed by atoms with Crippen molar-refractivity contribution in [1.82, 2.24) is 0 Å². The first-order chi connectivity index (χ1) is 11.3. The van der Waals surface area contributed by atoms with Crippen molar-refractivity contribution in [2.75, 3.05) is 5.32 Å². The van der Waals surface area contributed by atoms with E-state index in [0.717, 1.165) is 5.69 Å². The van der Waals surface area contributed by atoms with Crippen molar-refractivity contribution in [1.29, 1.82) is 0 Å². The molecule has 0 radical (unpaired) electrons. The van der Waals surface area contributed by atoms with Crippen molar-refractivity contribution in [2.45, 2.75) is 19.9 Å². The molecule has 3 aromatic rings. The van der Waals surface area contributed by atoms with Crippen LogP contribution in [0.15, 0.2) is 59.6 Å². The molecule has 2 aromatic carbocycles. The van der Waals surface area contributed by atoms with Gasteiger partial charge in [0.15, 0.2) is 0 Å². The summed E-state index contributed by atoms with van der Waals surface area (Å²) in [6.07, 6.45) is 1.83. The van der Waals surface area contributed by atoms with Crippen LogP contribution in [0.2, 0.25) is 0 Å². The molecule has 1 aliphatic heterocycles. The van der Waals surface area contributed by atoms with Gasteiger partial charge in [0.2, 0.25) is 0 Å². The summed E-state index contributed by atoms with van der Waals surface area (Å²) in [5.41, 5.74) is 6.36. The molecule has 1 unspecified atom stereocenters. The highest BCUT2D eigenvalue weighted by Gasteiger charge is 2.26. The summed E-state index contributed by atoms with van der Waals surface area (Å²) >= 11 is 1.87. The Kier molecular flexibility index (Phi) is 4.74. The van der Waals surface area contributed by atoms with Crippen LogP contribution in [0.4, 0.5) is 5.69 Å². The molecule has 4 rings (SSSR count). The van der Waals surface area contributed by atoms with Crippen LogP contribution in [0, 0.1) is 13.8 Å². The Hall–Kier alpha value is -2.10. The zero-order valence-electron chi connectivity index (χ0n) is 13.6. The summed E-state index contributed by atoms with van der Waals surface area (Å²) in [6.45, 7) is 4.42. The number of aliphatic imine (C=N–C) groups is 1. The third kappa shape index (κ3) is 2.74. The highest BCUT2D eigenvalue weighted by molar-refractivity contribution is 7.15. The first-order valence-corrected chi connectivity index (χ1v) is 8.60. The Labute approximate surface area is 152 Å². The molecule has 0 spiro atoms. The zero-order valence-corrected chi connectivity index (χ0v) is 15.2. The summed E-state index contributed by atoms with van der Waals surface area (Å²) in [5.74, 6) is 0. The second-order valence-electron chi connectivity index (χ2n) is 5.80. The lowest BCUT2D eigenvalue weighted by Gasteiger charge is -2.22. The molecule has 122 valence electrons. The fourth-order valence-corrected chi connectivity index (χ4v) is 4.33. The molecule has 2 heterocycles. The minimum atomic E-state index is 0. The number of anilines is 1. The Balaban J connectivity index is 0.00000169. The van der Waals surface area contributed by atoms with E-state index in [0.29, 0.717) is 0 Å². The van der Waals surface area contributed by atoms with Crippen LogP contribution in [0.1, 0.15) is 27.6 Å². The van der Waals surface area contributed by atoms with Gasteiger partial charge in [0.05, 0.1) is 6.34 Å². The summed E-state index contributed by atoms with van der Waals surface area (Å²) in [5, 5.41) is 3.26. The summed E-state index contributed by atoms with van der Waals surface area (Å²) in [4.78, 5) is 7.47. The molecule has 0 bridgehead atoms. The fourth-order valence-electron chi connectivity index (χ4n) is 3.14. The second kappa shape index (κ2) is 6.80. The minimum Gasteiger partial charge on any atom is -0.346 e. The van der Waals surface area contributed by atoms with Crippen molar-refractivity contribution < 1.29 is 0 Å². The Bertz CT molecular complexity index is 884. The van der Waals surface area contributed by atoms with Crippen molar-refractivity contribution in [2.24, 2.45) is 4.99 Å². The summed E-state index contributed by atoms with van der Waals surface area (Å²) in [6, 6.07) is 19.1. The maximum Gasteiger partial charge on any atom is 0.105 e.